The standard InChI is InChI=1S/C11H10N3O2S/c1-8(15)10-5-9(7-17-10)6-14(11(12)16)4-2-3-13-14/h3-5,7H,6H2,1H3,(H-,12,16)/p+1. The van der Waals surface area contributed by atoms with Crippen LogP contribution in [0.3, 0.4) is 0 Å². The van der Waals surface area contributed by atoms with Gasteiger partial charge in [-0.3, -0.25) is 4.79 Å². The Morgan fingerprint density at radius 3 is 2.82 bits per heavy atom. The minimum Gasteiger partial charge on any atom is -0.316 e. The molecule has 1 unspecified atom stereocenters. The lowest BCUT2D eigenvalue weighted by Gasteiger charge is -2.19. The van der Waals surface area contributed by atoms with E-state index >= 15 is 0 Å². The molecule has 0 fully saturated rings. The van der Waals surface area contributed by atoms with Crippen molar-refractivity contribution in [1.82, 2.24) is 0 Å². The van der Waals surface area contributed by atoms with Gasteiger partial charge < -0.3 is 5.73 Å². The number of nitrogens with two attached hydrogens (primary N) is 1. The summed E-state index contributed by atoms with van der Waals surface area (Å²) in [5.41, 5.74) is 6.19. The summed E-state index contributed by atoms with van der Waals surface area (Å²) in [6, 6.07) is 1.19. The van der Waals surface area contributed by atoms with E-state index in [0.717, 1.165) is 5.56 Å². The summed E-state index contributed by atoms with van der Waals surface area (Å²) in [5, 5.41) is 5.84. The van der Waals surface area contributed by atoms with Crippen molar-refractivity contribution in [3.63, 3.8) is 0 Å². The number of allylic oxidation sites excluding steroid dienone is 1. The van der Waals surface area contributed by atoms with Gasteiger partial charge in [0.1, 0.15) is 12.7 Å². The van der Waals surface area contributed by atoms with E-state index in [1.165, 1.54) is 30.7 Å². The van der Waals surface area contributed by atoms with Gasteiger partial charge in [-0.15, -0.1) is 11.3 Å². The number of rotatable bonds is 3. The number of hydrogen-bond donors (Lipinski definition) is 1. The molecule has 1 aromatic rings. The fraction of sp³-hybridized carbons (Fsp3) is 0.182. The maximum absolute atomic E-state index is 11.4. The first kappa shape index (κ1) is 11.7. The second-order valence-electron chi connectivity index (χ2n) is 3.74. The second kappa shape index (κ2) is 4.23. The minimum absolute atomic E-state index is 0.0129. The van der Waals surface area contributed by atoms with Gasteiger partial charge in [-0.1, -0.05) is 9.69 Å². The molecule has 2 rings (SSSR count). The topological polar surface area (TPSA) is 72.5 Å². The van der Waals surface area contributed by atoms with E-state index < -0.39 is 6.03 Å². The Kier molecular flexibility index (Phi) is 2.91. The SMILES string of the molecule is CC(=O)c1cc(C[N+]2(C(N)=O)C=[C]C=N2)cs1. The third kappa shape index (κ3) is 2.17. The van der Waals surface area contributed by atoms with Crippen LogP contribution in [0.4, 0.5) is 4.79 Å². The molecule has 87 valence electrons. The average Bonchev–Trinajstić information content (AvgIpc) is 2.88. The third-order valence-corrected chi connectivity index (χ3v) is 3.51. The highest BCUT2D eigenvalue weighted by Gasteiger charge is 2.35. The Hall–Kier alpha value is -1.79. The molecule has 0 saturated carbocycles. The lowest BCUT2D eigenvalue weighted by Crippen LogP contribution is -2.45. The Balaban J connectivity index is 2.24. The monoisotopic (exact) mass is 249 g/mol. The van der Waals surface area contributed by atoms with E-state index in [1.54, 1.807) is 6.07 Å². The fourth-order valence-corrected chi connectivity index (χ4v) is 2.34. The lowest BCUT2D eigenvalue weighted by atomic mass is 10.2. The van der Waals surface area contributed by atoms with Gasteiger partial charge in [-0.2, -0.15) is 0 Å². The molecule has 6 heteroatoms. The quantitative estimate of drug-likeness (QED) is 0.653. The maximum Gasteiger partial charge on any atom is 0.445 e. The van der Waals surface area contributed by atoms with Crippen LogP contribution in [0.2, 0.25) is 0 Å². The Morgan fingerprint density at radius 2 is 2.35 bits per heavy atom. The minimum atomic E-state index is -0.568. The summed E-state index contributed by atoms with van der Waals surface area (Å²) in [5.74, 6) is 0.0129. The number of amides is 2. The van der Waals surface area contributed by atoms with Crippen LogP contribution in [0.5, 0.6) is 0 Å². The second-order valence-corrected chi connectivity index (χ2v) is 4.65. The van der Waals surface area contributed by atoms with Gasteiger partial charge in [-0.05, 0) is 13.0 Å². The van der Waals surface area contributed by atoms with E-state index in [0.29, 0.717) is 11.4 Å². The zero-order valence-electron chi connectivity index (χ0n) is 9.21. The first-order valence-corrected chi connectivity index (χ1v) is 5.82. The van der Waals surface area contributed by atoms with Crippen LogP contribution in [0.1, 0.15) is 22.2 Å². The van der Waals surface area contributed by atoms with Crippen molar-refractivity contribution in [2.45, 2.75) is 13.5 Å². The van der Waals surface area contributed by atoms with Crippen LogP contribution >= 0.6 is 11.3 Å². The third-order valence-electron chi connectivity index (χ3n) is 2.43. The lowest BCUT2D eigenvalue weighted by molar-refractivity contribution is -0.815. The molecule has 0 aliphatic carbocycles. The van der Waals surface area contributed by atoms with Gasteiger partial charge in [0.25, 0.3) is 0 Å². The number of urea groups is 1. The summed E-state index contributed by atoms with van der Waals surface area (Å²) in [4.78, 5) is 23.3. The van der Waals surface area contributed by atoms with Crippen LogP contribution in [0.25, 0.3) is 0 Å². The number of carbonyl (C=O) groups is 2. The maximum atomic E-state index is 11.4. The fourth-order valence-electron chi connectivity index (χ4n) is 1.53. The van der Waals surface area contributed by atoms with Crippen molar-refractivity contribution in [1.29, 1.82) is 0 Å². The number of quaternary nitrogens is 1. The molecule has 0 saturated heterocycles. The summed E-state index contributed by atoms with van der Waals surface area (Å²) in [6.07, 6.45) is 5.66. The molecular formula is C11H11N3O2S+. The van der Waals surface area contributed by atoms with Gasteiger partial charge in [0, 0.05) is 10.9 Å². The number of Topliss-reactive ketones (excluding diaryl/α,β-unsaturated/α-hetero) is 1. The largest absolute Gasteiger partial charge is 0.445 e. The predicted octanol–water partition coefficient (Wildman–Crippen LogP) is 1.66. The number of primary amides is 1. The molecule has 2 amide bonds. The summed E-state index contributed by atoms with van der Waals surface area (Å²) >= 11 is 1.35. The van der Waals surface area contributed by atoms with E-state index in [-0.39, 0.29) is 10.4 Å². The molecular weight excluding hydrogens is 238 g/mol. The molecule has 17 heavy (non-hydrogen) atoms. The van der Waals surface area contributed by atoms with Crippen molar-refractivity contribution in [2.24, 2.45) is 10.8 Å². The van der Waals surface area contributed by atoms with Crippen LogP contribution in [0, 0.1) is 6.08 Å². The van der Waals surface area contributed by atoms with Crippen molar-refractivity contribution in [2.75, 3.05) is 0 Å². The number of ketones is 1. The zero-order valence-corrected chi connectivity index (χ0v) is 10.0. The molecule has 2 heterocycles. The van der Waals surface area contributed by atoms with Crippen LogP contribution < -0.4 is 5.73 Å². The van der Waals surface area contributed by atoms with E-state index in [4.69, 9.17) is 5.73 Å². The van der Waals surface area contributed by atoms with Gasteiger partial charge in [0.15, 0.2) is 5.78 Å². The highest BCUT2D eigenvalue weighted by Crippen LogP contribution is 2.23. The van der Waals surface area contributed by atoms with Gasteiger partial charge in [0.05, 0.1) is 17.2 Å². The normalized spacial score (nSPS) is 21.9. The van der Waals surface area contributed by atoms with Crippen molar-refractivity contribution in [3.05, 3.63) is 34.2 Å². The smallest absolute Gasteiger partial charge is 0.316 e. The van der Waals surface area contributed by atoms with E-state index in [1.807, 2.05) is 5.38 Å². The molecule has 1 atom stereocenters. The number of nitrogens with zero attached hydrogens (tertiary/aromatic N) is 2. The Labute approximate surface area is 102 Å². The first-order chi connectivity index (χ1) is 8.03. The highest BCUT2D eigenvalue weighted by molar-refractivity contribution is 7.12. The molecule has 5 nitrogen and oxygen atoms in total. The van der Waals surface area contributed by atoms with Crippen molar-refractivity contribution >= 4 is 29.4 Å². The Morgan fingerprint density at radius 1 is 1.59 bits per heavy atom. The number of carbonyl (C=O) groups excluding carboxylic acids is 2. The average molecular weight is 249 g/mol. The van der Waals surface area contributed by atoms with Crippen LogP contribution in [-0.4, -0.2) is 22.6 Å². The summed E-state index contributed by atoms with van der Waals surface area (Å²) in [7, 11) is 0. The van der Waals surface area contributed by atoms with E-state index in [9.17, 15) is 9.59 Å². The summed E-state index contributed by atoms with van der Waals surface area (Å²) < 4.78 is -0.325. The van der Waals surface area contributed by atoms with Crippen LogP contribution in [-0.2, 0) is 6.54 Å². The molecule has 0 bridgehead atoms. The zero-order chi connectivity index (χ0) is 12.5. The molecule has 1 aromatic heterocycles. The van der Waals surface area contributed by atoms with Gasteiger partial charge >= 0.3 is 6.03 Å². The predicted molar refractivity (Wildman–Crippen MR) is 64.2 cm³/mol. The molecule has 1 radical (unpaired) electrons. The molecule has 0 aromatic carbocycles. The van der Waals surface area contributed by atoms with E-state index in [2.05, 4.69) is 11.2 Å². The van der Waals surface area contributed by atoms with Gasteiger partial charge in [-0.25, -0.2) is 4.79 Å². The van der Waals surface area contributed by atoms with Crippen molar-refractivity contribution < 1.29 is 14.2 Å². The van der Waals surface area contributed by atoms with Gasteiger partial charge in [0.2, 0.25) is 0 Å². The van der Waals surface area contributed by atoms with Crippen molar-refractivity contribution in [3.8, 4) is 0 Å². The number of thiophene rings is 1. The molecule has 2 N–H and O–H groups in total. The summed E-state index contributed by atoms with van der Waals surface area (Å²) in [6.45, 7) is 1.82. The molecule has 1 aliphatic rings. The molecule has 0 spiro atoms. The molecule has 1 aliphatic heterocycles. The Bertz CT molecular complexity index is 519. The van der Waals surface area contributed by atoms with Crippen LogP contribution in [0.15, 0.2) is 22.7 Å². The highest BCUT2D eigenvalue weighted by atomic mass is 32.1. The first-order valence-electron chi connectivity index (χ1n) is 4.94. The number of hydrogen-bond acceptors (Lipinski definition) is 4.